The van der Waals surface area contributed by atoms with Crippen LogP contribution in [0.25, 0.3) is 190 Å². The molecule has 19 rings (SSSR count). The topological polar surface area (TPSA) is 87.2 Å². The van der Waals surface area contributed by atoms with Crippen LogP contribution in [0, 0.1) is 27.7 Å². The van der Waals surface area contributed by atoms with E-state index < -0.39 is 52.5 Å². The summed E-state index contributed by atoms with van der Waals surface area (Å²) in [6.07, 6.45) is -19.7. The van der Waals surface area contributed by atoms with E-state index in [1.165, 1.54) is 30.3 Å². The lowest BCUT2D eigenvalue weighted by molar-refractivity contribution is -0.143. The average Bonchev–Trinajstić information content (AvgIpc) is 1.57. The van der Waals surface area contributed by atoms with Gasteiger partial charge in [-0.25, -0.2) is 29.9 Å². The number of hydrogen-bond donors (Lipinski definition) is 0. The molecule has 0 spiro atoms. The lowest BCUT2D eigenvalue weighted by atomic mass is 9.94. The van der Waals surface area contributed by atoms with Gasteiger partial charge in [0.2, 0.25) is 0 Å². The van der Waals surface area contributed by atoms with E-state index >= 15 is 26.3 Å². The lowest BCUT2D eigenvalue weighted by Gasteiger charge is -2.18. The first-order chi connectivity index (χ1) is 59.6. The van der Waals surface area contributed by atoms with E-state index in [1.807, 2.05) is 212 Å². The standard InChI is InChI=1S/C104H66F12N8/c1-59-28-38-77(61(3)48-59)71-32-44-89-81(54-71)83-56-73(79-39-29-60(2)49-87(79)103(111,112)113)34-46-91(83)123(89)93-42-30-69(52-85(93)99-119-95(63-18-9-5-10-19-63)117-96(120-99)64-20-11-6-12-21-64)67-26-17-27-68(51-67)70-31-43-94(86(53-70)100-121-97(65-22-13-7-14-23-65)118-98(122-100)66-24-15-8-16-25-66)124-90-45-33-72(78-40-36-75(50-62(78)4)101(105,106)107)55-82(90)84-57-74(35-47-92(84)124)80-41-37-76(102(108,109)110)58-88(80)104(114,115)116/h5-58H,1-4H3. The molecule has 0 N–H and O–H groups in total. The molecule has 15 aromatic carbocycles. The Bertz CT molecular complexity index is 7330. The first kappa shape index (κ1) is 78.9. The molecule has 20 heteroatoms. The van der Waals surface area contributed by atoms with Crippen molar-refractivity contribution >= 4 is 43.6 Å². The van der Waals surface area contributed by atoms with Gasteiger partial charge in [-0.15, -0.1) is 0 Å². The summed E-state index contributed by atoms with van der Waals surface area (Å²) >= 11 is 0. The molecule has 19 aromatic rings. The Kier molecular flexibility index (Phi) is 19.5. The van der Waals surface area contributed by atoms with Crippen LogP contribution >= 0.6 is 0 Å². The lowest BCUT2D eigenvalue weighted by Crippen LogP contribution is -2.12. The molecule has 0 radical (unpaired) electrons. The highest BCUT2D eigenvalue weighted by Crippen LogP contribution is 2.49. The van der Waals surface area contributed by atoms with E-state index in [0.717, 1.165) is 56.9 Å². The highest BCUT2D eigenvalue weighted by molar-refractivity contribution is 6.14. The third-order valence-electron chi connectivity index (χ3n) is 22.7. The van der Waals surface area contributed by atoms with E-state index in [4.69, 9.17) is 29.9 Å². The molecule has 124 heavy (non-hydrogen) atoms. The molecular formula is C104H66F12N8. The number of aromatic nitrogens is 8. The Morgan fingerprint density at radius 2 is 0.492 bits per heavy atom. The van der Waals surface area contributed by atoms with Gasteiger partial charge in [0.15, 0.2) is 34.9 Å². The van der Waals surface area contributed by atoms with Crippen LogP contribution in [-0.4, -0.2) is 39.0 Å². The van der Waals surface area contributed by atoms with Gasteiger partial charge in [0.25, 0.3) is 0 Å². The number of hydrogen-bond acceptors (Lipinski definition) is 6. The van der Waals surface area contributed by atoms with Crippen LogP contribution in [0.3, 0.4) is 0 Å². The summed E-state index contributed by atoms with van der Waals surface area (Å²) in [6.45, 7) is 7.27. The van der Waals surface area contributed by atoms with Crippen molar-refractivity contribution in [1.82, 2.24) is 39.0 Å². The first-order valence-electron chi connectivity index (χ1n) is 39.6. The molecule has 0 bridgehead atoms. The molecule has 0 fully saturated rings. The van der Waals surface area contributed by atoms with Crippen LogP contribution in [0.2, 0.25) is 0 Å². The van der Waals surface area contributed by atoms with E-state index in [1.54, 1.807) is 50.2 Å². The van der Waals surface area contributed by atoms with E-state index in [0.29, 0.717) is 152 Å². The normalized spacial score (nSPS) is 12.2. The van der Waals surface area contributed by atoms with E-state index in [-0.39, 0.29) is 28.6 Å². The van der Waals surface area contributed by atoms with E-state index in [2.05, 4.69) is 41.8 Å². The Labute approximate surface area is 702 Å². The van der Waals surface area contributed by atoms with Gasteiger partial charge in [-0.2, -0.15) is 52.7 Å². The zero-order valence-corrected chi connectivity index (χ0v) is 66.3. The minimum atomic E-state index is -5.24. The minimum absolute atomic E-state index is 0.0304. The second kappa shape index (κ2) is 30.6. The molecule has 0 saturated carbocycles. The fraction of sp³-hybridized carbons (Fsp3) is 0.0769. The van der Waals surface area contributed by atoms with Gasteiger partial charge in [-0.1, -0.05) is 230 Å². The van der Waals surface area contributed by atoms with Gasteiger partial charge in [-0.05, 0) is 215 Å². The third kappa shape index (κ3) is 14.8. The zero-order valence-electron chi connectivity index (χ0n) is 66.3. The van der Waals surface area contributed by atoms with Crippen LogP contribution in [0.4, 0.5) is 52.7 Å². The summed E-state index contributed by atoms with van der Waals surface area (Å²) in [7, 11) is 0. The summed E-state index contributed by atoms with van der Waals surface area (Å²) in [5.41, 5.74) is 10.7. The van der Waals surface area contributed by atoms with Gasteiger partial charge in [-0.3, -0.25) is 0 Å². The smallest absolute Gasteiger partial charge is 0.308 e. The SMILES string of the molecule is Cc1ccc(-c2ccc3c(c2)c2cc(-c4ccc(C)cc4C(F)(F)F)ccc2n3-c2ccc(-c3cccc(-c4ccc(-n5c6ccc(-c7ccc(C(F)(F)F)cc7C)cc6c6cc(-c7ccc(C(F)(F)F)cc7C(F)(F)F)ccc65)c(-c5nc(-c6ccccc6)nc(-c6ccccc6)n5)c4)c3)cc2-c2nc(-c3ccccc3)nc(-c3ccccc3)n2)c(C)c1. The van der Waals surface area contributed by atoms with Gasteiger partial charge < -0.3 is 9.13 Å². The van der Waals surface area contributed by atoms with Crippen molar-refractivity contribution in [2.24, 2.45) is 0 Å². The summed E-state index contributed by atoms with van der Waals surface area (Å²) < 4.78 is 181. The summed E-state index contributed by atoms with van der Waals surface area (Å²) in [5, 5.41) is 2.22. The van der Waals surface area contributed by atoms with Crippen molar-refractivity contribution in [3.63, 3.8) is 0 Å². The Hall–Kier alpha value is -14.9. The predicted octanol–water partition coefficient (Wildman–Crippen LogP) is 29.6. The quantitative estimate of drug-likeness (QED) is 0.101. The Morgan fingerprint density at radius 1 is 0.202 bits per heavy atom. The molecule has 0 saturated heterocycles. The number of alkyl halides is 12. The highest BCUT2D eigenvalue weighted by atomic mass is 19.4. The van der Waals surface area contributed by atoms with Crippen molar-refractivity contribution in [3.8, 4) is 146 Å². The molecule has 4 aromatic heterocycles. The monoisotopic (exact) mass is 1650 g/mol. The number of nitrogens with zero attached hydrogens (tertiary/aromatic N) is 8. The summed E-state index contributed by atoms with van der Waals surface area (Å²) in [6, 6.07) is 94.3. The van der Waals surface area contributed by atoms with Crippen LogP contribution in [0.15, 0.2) is 328 Å². The molecule has 4 heterocycles. The molecule has 606 valence electrons. The van der Waals surface area contributed by atoms with Crippen LogP contribution in [0.5, 0.6) is 0 Å². The largest absolute Gasteiger partial charge is 0.417 e. The predicted molar refractivity (Wildman–Crippen MR) is 466 cm³/mol. The molecular weight excluding hydrogens is 1590 g/mol. The van der Waals surface area contributed by atoms with Crippen molar-refractivity contribution < 1.29 is 52.7 Å². The molecule has 0 atom stereocenters. The first-order valence-corrected chi connectivity index (χ1v) is 39.6. The second-order valence-corrected chi connectivity index (χ2v) is 30.9. The van der Waals surface area contributed by atoms with Crippen molar-refractivity contribution in [1.29, 1.82) is 0 Å². The zero-order chi connectivity index (χ0) is 85.8. The minimum Gasteiger partial charge on any atom is -0.308 e. The number of rotatable bonds is 14. The van der Waals surface area contributed by atoms with Crippen LogP contribution in [0.1, 0.15) is 44.5 Å². The Balaban J connectivity index is 0.838. The van der Waals surface area contributed by atoms with Crippen molar-refractivity contribution in [2.45, 2.75) is 52.4 Å². The number of halogens is 12. The van der Waals surface area contributed by atoms with Gasteiger partial charge >= 0.3 is 24.7 Å². The van der Waals surface area contributed by atoms with Gasteiger partial charge in [0.05, 0.1) is 55.7 Å². The molecule has 0 unspecified atom stereocenters. The molecule has 0 amide bonds. The van der Waals surface area contributed by atoms with E-state index in [9.17, 15) is 26.3 Å². The van der Waals surface area contributed by atoms with Crippen molar-refractivity contribution in [3.05, 3.63) is 372 Å². The molecule has 8 nitrogen and oxygen atoms in total. The Morgan fingerprint density at radius 3 is 0.847 bits per heavy atom. The number of benzene rings is 15. The highest BCUT2D eigenvalue weighted by Gasteiger charge is 2.40. The average molecular weight is 1660 g/mol. The summed E-state index contributed by atoms with van der Waals surface area (Å²) in [5.74, 6) is 1.88. The maximum atomic E-state index is 15.2. The fourth-order valence-corrected chi connectivity index (χ4v) is 16.8. The molecule has 0 aliphatic rings. The summed E-state index contributed by atoms with van der Waals surface area (Å²) in [4.78, 5) is 31.4. The van der Waals surface area contributed by atoms with Gasteiger partial charge in [0.1, 0.15) is 0 Å². The third-order valence-corrected chi connectivity index (χ3v) is 22.7. The maximum absolute atomic E-state index is 15.2. The molecule has 0 aliphatic heterocycles. The number of fused-ring (bicyclic) bond motifs is 6. The number of aryl methyl sites for hydroxylation is 4. The van der Waals surface area contributed by atoms with Crippen LogP contribution < -0.4 is 0 Å². The second-order valence-electron chi connectivity index (χ2n) is 30.9. The van der Waals surface area contributed by atoms with Gasteiger partial charge in [0, 0.05) is 54.9 Å². The van der Waals surface area contributed by atoms with Crippen LogP contribution in [-0.2, 0) is 24.7 Å². The molecule has 0 aliphatic carbocycles. The maximum Gasteiger partial charge on any atom is 0.417 e. The van der Waals surface area contributed by atoms with Crippen molar-refractivity contribution in [2.75, 3.05) is 0 Å². The fourth-order valence-electron chi connectivity index (χ4n) is 16.8.